The standard InChI is InChI=1S/C27H31F3N2O/c1-2-3-7-17-32(26(33)16-15-22-10-5-4-6-11-22)21-25-14-9-18-31(25)20-23-12-8-13-24(19-23)27(28,29)30/h4-6,8-14,18-19H,2-3,7,15-17,20-21H2,1H3. The molecule has 0 aliphatic carbocycles. The summed E-state index contributed by atoms with van der Waals surface area (Å²) >= 11 is 0. The molecule has 3 nitrogen and oxygen atoms in total. The molecule has 1 amide bonds. The lowest BCUT2D eigenvalue weighted by Gasteiger charge is -2.24. The first-order valence-electron chi connectivity index (χ1n) is 11.5. The number of hydrogen-bond acceptors (Lipinski definition) is 1. The zero-order chi connectivity index (χ0) is 23.7. The molecule has 33 heavy (non-hydrogen) atoms. The second kappa shape index (κ2) is 11.7. The zero-order valence-electron chi connectivity index (χ0n) is 19.0. The van der Waals surface area contributed by atoms with Gasteiger partial charge < -0.3 is 9.47 Å². The minimum absolute atomic E-state index is 0.0989. The lowest BCUT2D eigenvalue weighted by molar-refractivity contribution is -0.137. The van der Waals surface area contributed by atoms with E-state index < -0.39 is 11.7 Å². The Labute approximate surface area is 193 Å². The van der Waals surface area contributed by atoms with Crippen LogP contribution < -0.4 is 0 Å². The number of hydrogen-bond donors (Lipinski definition) is 0. The Kier molecular flexibility index (Phi) is 8.75. The summed E-state index contributed by atoms with van der Waals surface area (Å²) in [5, 5.41) is 0. The molecule has 6 heteroatoms. The third-order valence-electron chi connectivity index (χ3n) is 5.74. The minimum atomic E-state index is -4.36. The van der Waals surface area contributed by atoms with Gasteiger partial charge in [-0.1, -0.05) is 62.2 Å². The average molecular weight is 457 g/mol. The molecule has 0 spiro atoms. The number of carbonyl (C=O) groups is 1. The maximum atomic E-state index is 13.1. The maximum absolute atomic E-state index is 13.1. The summed E-state index contributed by atoms with van der Waals surface area (Å²) in [6, 6.07) is 19.2. The van der Waals surface area contributed by atoms with Gasteiger partial charge in [0.2, 0.25) is 5.91 Å². The summed E-state index contributed by atoms with van der Waals surface area (Å²) < 4.78 is 41.2. The summed E-state index contributed by atoms with van der Waals surface area (Å²) in [5.41, 5.74) is 1.98. The van der Waals surface area contributed by atoms with Gasteiger partial charge in [0, 0.05) is 31.4 Å². The van der Waals surface area contributed by atoms with Crippen LogP contribution in [-0.2, 0) is 30.5 Å². The molecule has 0 saturated heterocycles. The Balaban J connectivity index is 1.70. The molecular weight excluding hydrogens is 425 g/mol. The van der Waals surface area contributed by atoms with Crippen molar-refractivity contribution in [3.05, 3.63) is 95.3 Å². The van der Waals surface area contributed by atoms with Gasteiger partial charge >= 0.3 is 6.18 Å². The van der Waals surface area contributed by atoms with Crippen LogP contribution in [0, 0.1) is 0 Å². The number of halogens is 3. The molecule has 0 unspecified atom stereocenters. The molecule has 0 aliphatic rings. The van der Waals surface area contributed by atoms with Crippen LogP contribution in [0.1, 0.15) is 55.0 Å². The Morgan fingerprint density at radius 3 is 2.42 bits per heavy atom. The predicted octanol–water partition coefficient (Wildman–Crippen LogP) is 6.71. The lowest BCUT2D eigenvalue weighted by Crippen LogP contribution is -2.32. The van der Waals surface area contributed by atoms with Crippen molar-refractivity contribution in [2.24, 2.45) is 0 Å². The molecule has 0 aliphatic heterocycles. The van der Waals surface area contributed by atoms with Gasteiger partial charge in [-0.15, -0.1) is 0 Å². The average Bonchev–Trinajstić information content (AvgIpc) is 3.23. The maximum Gasteiger partial charge on any atom is 0.416 e. The van der Waals surface area contributed by atoms with Crippen LogP contribution in [0.3, 0.4) is 0 Å². The molecule has 0 bridgehead atoms. The molecule has 3 rings (SSSR count). The van der Waals surface area contributed by atoms with Gasteiger partial charge in [-0.05, 0) is 48.2 Å². The van der Waals surface area contributed by atoms with E-state index in [0.29, 0.717) is 38.0 Å². The highest BCUT2D eigenvalue weighted by atomic mass is 19.4. The van der Waals surface area contributed by atoms with Crippen molar-refractivity contribution >= 4 is 5.91 Å². The fraction of sp³-hybridized carbons (Fsp3) is 0.370. The highest BCUT2D eigenvalue weighted by Crippen LogP contribution is 2.29. The second-order valence-electron chi connectivity index (χ2n) is 8.33. The fourth-order valence-corrected chi connectivity index (χ4v) is 3.88. The number of aryl methyl sites for hydroxylation is 1. The van der Waals surface area contributed by atoms with Crippen molar-refractivity contribution in [3.8, 4) is 0 Å². The van der Waals surface area contributed by atoms with Gasteiger partial charge in [0.15, 0.2) is 0 Å². The van der Waals surface area contributed by atoms with Gasteiger partial charge in [0.1, 0.15) is 0 Å². The number of rotatable bonds is 11. The van der Waals surface area contributed by atoms with Gasteiger partial charge in [-0.3, -0.25) is 4.79 Å². The zero-order valence-corrected chi connectivity index (χ0v) is 19.0. The van der Waals surface area contributed by atoms with Crippen molar-refractivity contribution < 1.29 is 18.0 Å². The Bertz CT molecular complexity index is 1010. The van der Waals surface area contributed by atoms with E-state index in [4.69, 9.17) is 0 Å². The number of benzene rings is 2. The van der Waals surface area contributed by atoms with Crippen molar-refractivity contribution in [2.75, 3.05) is 6.54 Å². The molecule has 1 aromatic heterocycles. The lowest BCUT2D eigenvalue weighted by atomic mass is 10.1. The first kappa shape index (κ1) is 24.6. The number of nitrogens with zero attached hydrogens (tertiary/aromatic N) is 2. The second-order valence-corrected chi connectivity index (χ2v) is 8.33. The molecule has 0 radical (unpaired) electrons. The van der Waals surface area contributed by atoms with Crippen LogP contribution >= 0.6 is 0 Å². The molecule has 3 aromatic rings. The molecular formula is C27H31F3N2O. The van der Waals surface area contributed by atoms with Crippen molar-refractivity contribution in [1.82, 2.24) is 9.47 Å². The predicted molar refractivity (Wildman–Crippen MR) is 125 cm³/mol. The first-order valence-corrected chi connectivity index (χ1v) is 11.5. The SMILES string of the molecule is CCCCCN(Cc1cccn1Cc1cccc(C(F)(F)F)c1)C(=O)CCc1ccccc1. The van der Waals surface area contributed by atoms with E-state index in [1.54, 1.807) is 6.07 Å². The van der Waals surface area contributed by atoms with Crippen LogP contribution in [0.25, 0.3) is 0 Å². The fourth-order valence-electron chi connectivity index (χ4n) is 3.88. The molecule has 176 valence electrons. The summed E-state index contributed by atoms with van der Waals surface area (Å²) in [4.78, 5) is 14.9. The first-order chi connectivity index (χ1) is 15.9. The molecule has 0 N–H and O–H groups in total. The normalized spacial score (nSPS) is 11.5. The summed E-state index contributed by atoms with van der Waals surface area (Å²) in [6.45, 7) is 3.58. The molecule has 0 atom stereocenters. The van der Waals surface area contributed by atoms with E-state index in [0.717, 1.165) is 36.6 Å². The van der Waals surface area contributed by atoms with Gasteiger partial charge in [-0.2, -0.15) is 13.2 Å². The van der Waals surface area contributed by atoms with E-state index in [1.807, 2.05) is 58.1 Å². The van der Waals surface area contributed by atoms with Crippen LogP contribution in [-0.4, -0.2) is 21.9 Å². The number of aromatic nitrogens is 1. The smallest absolute Gasteiger partial charge is 0.345 e. The number of amides is 1. The number of alkyl halides is 3. The van der Waals surface area contributed by atoms with E-state index in [1.165, 1.54) is 12.1 Å². The summed E-state index contributed by atoms with van der Waals surface area (Å²) in [5.74, 6) is 0.0989. The van der Waals surface area contributed by atoms with Crippen molar-refractivity contribution in [1.29, 1.82) is 0 Å². The van der Waals surface area contributed by atoms with Crippen LogP contribution in [0.15, 0.2) is 72.9 Å². The van der Waals surface area contributed by atoms with E-state index in [9.17, 15) is 18.0 Å². The van der Waals surface area contributed by atoms with Crippen molar-refractivity contribution in [3.63, 3.8) is 0 Å². The topological polar surface area (TPSA) is 25.2 Å². The van der Waals surface area contributed by atoms with Gasteiger partial charge in [-0.25, -0.2) is 0 Å². The van der Waals surface area contributed by atoms with Gasteiger partial charge in [0.05, 0.1) is 12.1 Å². The van der Waals surface area contributed by atoms with Crippen LogP contribution in [0.2, 0.25) is 0 Å². The number of unbranched alkanes of at least 4 members (excludes halogenated alkanes) is 2. The van der Waals surface area contributed by atoms with E-state index in [-0.39, 0.29) is 5.91 Å². The summed E-state index contributed by atoms with van der Waals surface area (Å²) in [6.07, 6.45) is 1.66. The van der Waals surface area contributed by atoms with Crippen LogP contribution in [0.5, 0.6) is 0 Å². The highest BCUT2D eigenvalue weighted by Gasteiger charge is 2.30. The van der Waals surface area contributed by atoms with Crippen LogP contribution in [0.4, 0.5) is 13.2 Å². The highest BCUT2D eigenvalue weighted by molar-refractivity contribution is 5.76. The minimum Gasteiger partial charge on any atom is -0.345 e. The van der Waals surface area contributed by atoms with Crippen molar-refractivity contribution in [2.45, 2.75) is 58.3 Å². The van der Waals surface area contributed by atoms with E-state index in [2.05, 4.69) is 6.92 Å². The van der Waals surface area contributed by atoms with Gasteiger partial charge in [0.25, 0.3) is 0 Å². The number of carbonyl (C=O) groups excluding carboxylic acids is 1. The summed E-state index contributed by atoms with van der Waals surface area (Å²) in [7, 11) is 0. The third kappa shape index (κ3) is 7.52. The van der Waals surface area contributed by atoms with E-state index >= 15 is 0 Å². The molecule has 0 saturated carbocycles. The Hall–Kier alpha value is -3.02. The molecule has 0 fully saturated rings. The monoisotopic (exact) mass is 456 g/mol. The Morgan fingerprint density at radius 1 is 0.939 bits per heavy atom. The largest absolute Gasteiger partial charge is 0.416 e. The molecule has 2 aromatic carbocycles. The Morgan fingerprint density at radius 2 is 1.70 bits per heavy atom. The quantitative estimate of drug-likeness (QED) is 0.295. The third-order valence-corrected chi connectivity index (χ3v) is 5.74. The molecule has 1 heterocycles.